The Labute approximate surface area is 220 Å². The number of hydrogen-bond acceptors (Lipinski definition) is 4. The Bertz CT molecular complexity index is 869. The number of ether oxygens (including phenoxy) is 1. The summed E-state index contributed by atoms with van der Waals surface area (Å²) in [7, 11) is 1.89. The molecule has 0 amide bonds. The highest BCUT2D eigenvalue weighted by Gasteiger charge is 2.36. The zero-order valence-electron chi connectivity index (χ0n) is 20.7. The average Bonchev–Trinajstić information content (AvgIpc) is 3.50. The molecule has 0 spiro atoms. The molecule has 34 heavy (non-hydrogen) atoms. The summed E-state index contributed by atoms with van der Waals surface area (Å²) >= 11 is 14.4. The molecule has 2 saturated heterocycles. The van der Waals surface area contributed by atoms with Crippen molar-refractivity contribution < 1.29 is 4.74 Å². The van der Waals surface area contributed by atoms with Crippen LogP contribution in [0.4, 0.5) is 0 Å². The van der Waals surface area contributed by atoms with E-state index in [9.17, 15) is 0 Å². The molecule has 2 fully saturated rings. The summed E-state index contributed by atoms with van der Waals surface area (Å²) in [4.78, 5) is 5.32. The summed E-state index contributed by atoms with van der Waals surface area (Å²) in [6.07, 6.45) is 8.05. The summed E-state index contributed by atoms with van der Waals surface area (Å²) in [5, 5.41) is 6.05. The van der Waals surface area contributed by atoms with Gasteiger partial charge in [-0.05, 0) is 90.7 Å². The Hall–Kier alpha value is -0.620. The van der Waals surface area contributed by atoms with Crippen molar-refractivity contribution in [1.82, 2.24) is 9.80 Å². The Morgan fingerprint density at radius 2 is 1.94 bits per heavy atom. The zero-order valence-corrected chi connectivity index (χ0v) is 23.1. The van der Waals surface area contributed by atoms with Gasteiger partial charge in [-0.1, -0.05) is 49.0 Å². The van der Waals surface area contributed by atoms with Gasteiger partial charge in [0.15, 0.2) is 0 Å². The van der Waals surface area contributed by atoms with Crippen molar-refractivity contribution in [3.63, 3.8) is 0 Å². The first-order valence-electron chi connectivity index (χ1n) is 13.0. The van der Waals surface area contributed by atoms with Crippen LogP contribution in [0.2, 0.25) is 10.0 Å². The maximum absolute atomic E-state index is 6.50. The molecule has 2 aliphatic rings. The topological polar surface area (TPSA) is 15.7 Å². The summed E-state index contributed by atoms with van der Waals surface area (Å²) in [5.41, 5.74) is 2.68. The van der Waals surface area contributed by atoms with Gasteiger partial charge >= 0.3 is 0 Å². The highest BCUT2D eigenvalue weighted by molar-refractivity contribution is 7.08. The van der Waals surface area contributed by atoms with Crippen molar-refractivity contribution in [2.75, 3.05) is 39.8 Å². The smallest absolute Gasteiger partial charge is 0.0574 e. The number of thiophene rings is 1. The van der Waals surface area contributed by atoms with Gasteiger partial charge in [-0.2, -0.15) is 11.3 Å². The quantitative estimate of drug-likeness (QED) is 0.302. The molecule has 0 radical (unpaired) electrons. The Morgan fingerprint density at radius 1 is 1.12 bits per heavy atom. The monoisotopic (exact) mass is 522 g/mol. The van der Waals surface area contributed by atoms with Gasteiger partial charge in [-0.3, -0.25) is 4.90 Å². The highest BCUT2D eigenvalue weighted by atomic mass is 35.5. The predicted molar refractivity (Wildman–Crippen MR) is 146 cm³/mol. The zero-order chi connectivity index (χ0) is 23.9. The third-order valence-electron chi connectivity index (χ3n) is 7.91. The number of likely N-dealkylation sites (tertiary alicyclic amines) is 2. The number of halogens is 2. The fourth-order valence-electron chi connectivity index (χ4n) is 5.90. The molecule has 188 valence electrons. The standard InChI is InChI=1S/C28H40Cl2N2OS/c1-3-4-5-26(33-2)14-21-8-11-31(12-9-21)17-24-18-32(19-27(24)23-10-13-34-20-23)16-22-6-7-25(29)15-28(22)30/h6-7,10,13,15,20-21,24,26-27H,3-5,8-9,11-12,14,16-19H2,1-2H3. The molecule has 3 atom stereocenters. The van der Waals surface area contributed by atoms with E-state index in [4.69, 9.17) is 27.9 Å². The Balaban J connectivity index is 1.33. The van der Waals surface area contributed by atoms with Gasteiger partial charge in [-0.15, -0.1) is 0 Å². The lowest BCUT2D eigenvalue weighted by Gasteiger charge is -2.35. The number of methoxy groups -OCH3 is 1. The van der Waals surface area contributed by atoms with Crippen LogP contribution in [0.3, 0.4) is 0 Å². The maximum atomic E-state index is 6.50. The molecule has 0 aliphatic carbocycles. The van der Waals surface area contributed by atoms with Crippen LogP contribution >= 0.6 is 34.5 Å². The van der Waals surface area contributed by atoms with Crippen molar-refractivity contribution in [3.05, 3.63) is 56.2 Å². The first-order chi connectivity index (χ1) is 16.6. The average molecular weight is 524 g/mol. The lowest BCUT2D eigenvalue weighted by Crippen LogP contribution is -2.39. The van der Waals surface area contributed by atoms with E-state index in [0.717, 1.165) is 30.6 Å². The molecule has 2 aromatic rings. The molecule has 0 N–H and O–H groups in total. The number of nitrogens with zero attached hydrogens (tertiary/aromatic N) is 2. The summed E-state index contributed by atoms with van der Waals surface area (Å²) in [6, 6.07) is 8.22. The van der Waals surface area contributed by atoms with Crippen LogP contribution in [-0.4, -0.2) is 55.7 Å². The lowest BCUT2D eigenvalue weighted by atomic mass is 9.87. The molecule has 6 heteroatoms. The van der Waals surface area contributed by atoms with E-state index in [1.807, 2.05) is 30.6 Å². The van der Waals surface area contributed by atoms with E-state index < -0.39 is 0 Å². The predicted octanol–water partition coefficient (Wildman–Crippen LogP) is 7.58. The molecule has 0 bridgehead atoms. The first kappa shape index (κ1) is 26.4. The van der Waals surface area contributed by atoms with Gasteiger partial charge in [0.2, 0.25) is 0 Å². The number of hydrogen-bond donors (Lipinski definition) is 0. The van der Waals surface area contributed by atoms with Crippen molar-refractivity contribution in [3.8, 4) is 0 Å². The van der Waals surface area contributed by atoms with Crippen LogP contribution in [0, 0.1) is 11.8 Å². The fraction of sp³-hybridized carbons (Fsp3) is 0.643. The van der Waals surface area contributed by atoms with Gasteiger partial charge in [-0.25, -0.2) is 0 Å². The van der Waals surface area contributed by atoms with Crippen LogP contribution in [0.1, 0.15) is 62.5 Å². The van der Waals surface area contributed by atoms with E-state index >= 15 is 0 Å². The van der Waals surface area contributed by atoms with Gasteiger partial charge in [0.05, 0.1) is 6.10 Å². The largest absolute Gasteiger partial charge is 0.381 e. The maximum Gasteiger partial charge on any atom is 0.0574 e. The number of unbranched alkanes of at least 4 members (excludes halogenated alkanes) is 1. The summed E-state index contributed by atoms with van der Waals surface area (Å²) in [5.74, 6) is 2.08. The third-order valence-corrected chi connectivity index (χ3v) is 9.19. The molecule has 3 nitrogen and oxygen atoms in total. The van der Waals surface area contributed by atoms with Crippen LogP contribution in [0.25, 0.3) is 0 Å². The number of piperidine rings is 1. The van der Waals surface area contributed by atoms with Crippen LogP contribution < -0.4 is 0 Å². The summed E-state index contributed by atoms with van der Waals surface area (Å²) in [6.45, 7) is 9.04. The fourth-order valence-corrected chi connectivity index (χ4v) is 7.09. The molecule has 3 unspecified atom stereocenters. The Kier molecular flexibility index (Phi) is 10.2. The minimum absolute atomic E-state index is 0.447. The highest BCUT2D eigenvalue weighted by Crippen LogP contribution is 2.37. The molecule has 4 rings (SSSR count). The van der Waals surface area contributed by atoms with E-state index in [-0.39, 0.29) is 0 Å². The van der Waals surface area contributed by atoms with E-state index in [2.05, 4.69) is 39.6 Å². The molecule has 2 aliphatic heterocycles. The molecule has 0 saturated carbocycles. The molecule has 1 aromatic heterocycles. The third kappa shape index (κ3) is 7.21. The van der Waals surface area contributed by atoms with Crippen molar-refractivity contribution >= 4 is 34.5 Å². The Morgan fingerprint density at radius 3 is 2.62 bits per heavy atom. The first-order valence-corrected chi connectivity index (χ1v) is 14.7. The van der Waals surface area contributed by atoms with Crippen LogP contribution in [-0.2, 0) is 11.3 Å². The van der Waals surface area contributed by atoms with Crippen LogP contribution in [0.5, 0.6) is 0 Å². The number of benzene rings is 1. The minimum atomic E-state index is 0.447. The van der Waals surface area contributed by atoms with E-state index in [0.29, 0.717) is 23.0 Å². The molecular weight excluding hydrogens is 483 g/mol. The van der Waals surface area contributed by atoms with E-state index in [1.165, 1.54) is 69.3 Å². The van der Waals surface area contributed by atoms with Gasteiger partial charge < -0.3 is 9.64 Å². The van der Waals surface area contributed by atoms with Crippen molar-refractivity contribution in [1.29, 1.82) is 0 Å². The van der Waals surface area contributed by atoms with Crippen molar-refractivity contribution in [2.45, 2.75) is 64.0 Å². The second kappa shape index (κ2) is 13.1. The molecule has 1 aromatic carbocycles. The van der Waals surface area contributed by atoms with Crippen molar-refractivity contribution in [2.24, 2.45) is 11.8 Å². The number of rotatable bonds is 11. The summed E-state index contributed by atoms with van der Waals surface area (Å²) < 4.78 is 5.79. The molecular formula is C28H40Cl2N2OS. The van der Waals surface area contributed by atoms with Crippen LogP contribution in [0.15, 0.2) is 35.0 Å². The molecule has 3 heterocycles. The van der Waals surface area contributed by atoms with E-state index in [1.54, 1.807) is 0 Å². The van der Waals surface area contributed by atoms with Gasteiger partial charge in [0, 0.05) is 49.3 Å². The SMILES string of the molecule is CCCCC(CC1CCN(CC2CN(Cc3ccc(Cl)cc3Cl)CC2c2ccsc2)CC1)OC. The van der Waals surface area contributed by atoms with Gasteiger partial charge in [0.1, 0.15) is 0 Å². The second-order valence-electron chi connectivity index (χ2n) is 10.3. The normalized spacial score (nSPS) is 23.5. The van der Waals surface area contributed by atoms with Gasteiger partial charge in [0.25, 0.3) is 0 Å². The second-order valence-corrected chi connectivity index (χ2v) is 12.0. The minimum Gasteiger partial charge on any atom is -0.381 e. The lowest BCUT2D eigenvalue weighted by molar-refractivity contribution is 0.0549.